The zero-order valence-corrected chi connectivity index (χ0v) is 18.9. The van der Waals surface area contributed by atoms with Crippen molar-refractivity contribution in [3.05, 3.63) is 94.0 Å². The molecule has 3 rings (SSSR count). The molecule has 3 aromatic carbocycles. The molecule has 0 unspecified atom stereocenters. The minimum absolute atomic E-state index is 0.132. The van der Waals surface area contributed by atoms with Crippen LogP contribution in [0.2, 0.25) is 5.02 Å². The van der Waals surface area contributed by atoms with E-state index >= 15 is 0 Å². The van der Waals surface area contributed by atoms with E-state index in [2.05, 4.69) is 10.6 Å². The number of carbonyl (C=O) groups excluding carboxylic acids is 2. The van der Waals surface area contributed by atoms with Crippen molar-refractivity contribution < 1.29 is 14.3 Å². The fourth-order valence-electron chi connectivity index (χ4n) is 3.05. The van der Waals surface area contributed by atoms with Crippen molar-refractivity contribution in [1.29, 1.82) is 5.26 Å². The second-order valence-electron chi connectivity index (χ2n) is 7.38. The smallest absolute Gasteiger partial charge is 0.266 e. The van der Waals surface area contributed by atoms with Gasteiger partial charge in [0.15, 0.2) is 6.61 Å². The molecule has 0 saturated heterocycles. The van der Waals surface area contributed by atoms with Gasteiger partial charge in [0.1, 0.15) is 17.4 Å². The minimum Gasteiger partial charge on any atom is -0.483 e. The van der Waals surface area contributed by atoms with Crippen LogP contribution in [-0.4, -0.2) is 18.4 Å². The Morgan fingerprint density at radius 3 is 2.21 bits per heavy atom. The van der Waals surface area contributed by atoms with Crippen LogP contribution in [0.1, 0.15) is 16.7 Å². The van der Waals surface area contributed by atoms with E-state index in [0.717, 1.165) is 11.1 Å². The first-order chi connectivity index (χ1) is 15.8. The van der Waals surface area contributed by atoms with E-state index in [-0.39, 0.29) is 18.1 Å². The number of nitrogens with zero attached hydrogens (tertiary/aromatic N) is 1. The monoisotopic (exact) mass is 459 g/mol. The summed E-state index contributed by atoms with van der Waals surface area (Å²) >= 11 is 6.11. The number of halogens is 1. The van der Waals surface area contributed by atoms with Gasteiger partial charge in [0, 0.05) is 22.0 Å². The lowest BCUT2D eigenvalue weighted by molar-refractivity contribution is -0.118. The number of anilines is 2. The number of amides is 2. The molecule has 2 amide bonds. The molecule has 0 spiro atoms. The quantitative estimate of drug-likeness (QED) is 0.359. The van der Waals surface area contributed by atoms with Crippen molar-refractivity contribution in [2.45, 2.75) is 13.8 Å². The number of aryl methyl sites for hydroxylation is 2. The molecule has 0 fully saturated rings. The second kappa shape index (κ2) is 11.0. The maximum absolute atomic E-state index is 12.6. The van der Waals surface area contributed by atoms with Gasteiger partial charge in [-0.1, -0.05) is 35.9 Å². The van der Waals surface area contributed by atoms with Crippen LogP contribution in [-0.2, 0) is 9.59 Å². The number of ether oxygens (including phenoxy) is 1. The molecule has 0 aromatic heterocycles. The van der Waals surface area contributed by atoms with Crippen LogP contribution in [0.15, 0.2) is 72.3 Å². The van der Waals surface area contributed by atoms with Crippen LogP contribution >= 0.6 is 11.6 Å². The summed E-state index contributed by atoms with van der Waals surface area (Å²) in [6, 6.07) is 21.3. The molecule has 0 saturated carbocycles. The standard InChI is InChI=1S/C26H22ClN3O3/c1-17-5-3-7-22(11-17)29-25(31)16-33-24-10-9-21(27)14-19(24)13-20(15-28)26(32)30-23-8-4-6-18(2)12-23/h3-14H,16H2,1-2H3,(H,29,31)(H,30,32)/b20-13+. The van der Waals surface area contributed by atoms with Crippen molar-refractivity contribution in [3.63, 3.8) is 0 Å². The van der Waals surface area contributed by atoms with Gasteiger partial charge in [-0.25, -0.2) is 0 Å². The Balaban J connectivity index is 1.75. The lowest BCUT2D eigenvalue weighted by atomic mass is 10.1. The second-order valence-corrected chi connectivity index (χ2v) is 7.82. The van der Waals surface area contributed by atoms with Gasteiger partial charge in [-0.2, -0.15) is 5.26 Å². The van der Waals surface area contributed by atoms with E-state index in [4.69, 9.17) is 16.3 Å². The van der Waals surface area contributed by atoms with Gasteiger partial charge in [-0.3, -0.25) is 9.59 Å². The maximum atomic E-state index is 12.6. The first kappa shape index (κ1) is 23.6. The van der Waals surface area contributed by atoms with Crippen molar-refractivity contribution in [3.8, 4) is 11.8 Å². The van der Waals surface area contributed by atoms with Crippen LogP contribution in [0.3, 0.4) is 0 Å². The largest absolute Gasteiger partial charge is 0.483 e. The molecule has 0 bridgehead atoms. The predicted octanol–water partition coefficient (Wildman–Crippen LogP) is 5.52. The van der Waals surface area contributed by atoms with Crippen LogP contribution in [0, 0.1) is 25.2 Å². The summed E-state index contributed by atoms with van der Waals surface area (Å²) in [7, 11) is 0. The highest BCUT2D eigenvalue weighted by atomic mass is 35.5. The summed E-state index contributed by atoms with van der Waals surface area (Å²) in [4.78, 5) is 24.9. The molecule has 7 heteroatoms. The van der Waals surface area contributed by atoms with E-state index in [1.165, 1.54) is 6.08 Å². The number of hydrogen-bond acceptors (Lipinski definition) is 4. The molecular formula is C26H22ClN3O3. The van der Waals surface area contributed by atoms with Crippen LogP contribution in [0.5, 0.6) is 5.75 Å². The number of hydrogen-bond donors (Lipinski definition) is 2. The number of benzene rings is 3. The molecule has 0 atom stereocenters. The fourth-order valence-corrected chi connectivity index (χ4v) is 3.23. The minimum atomic E-state index is -0.564. The number of carbonyl (C=O) groups is 2. The molecular weight excluding hydrogens is 438 g/mol. The normalized spacial score (nSPS) is 10.8. The summed E-state index contributed by atoms with van der Waals surface area (Å²) in [5.41, 5.74) is 3.52. The molecule has 3 aromatic rings. The molecule has 33 heavy (non-hydrogen) atoms. The van der Waals surface area contributed by atoms with E-state index in [1.807, 2.05) is 50.2 Å². The number of nitrogens with one attached hydrogen (secondary N) is 2. The third-order valence-corrected chi connectivity index (χ3v) is 4.81. The zero-order valence-electron chi connectivity index (χ0n) is 18.2. The van der Waals surface area contributed by atoms with E-state index in [9.17, 15) is 14.9 Å². The van der Waals surface area contributed by atoms with Gasteiger partial charge < -0.3 is 15.4 Å². The summed E-state index contributed by atoms with van der Waals surface area (Å²) in [5.74, 6) is -0.593. The van der Waals surface area contributed by atoms with Gasteiger partial charge in [0.25, 0.3) is 11.8 Å². The average molecular weight is 460 g/mol. The number of nitriles is 1. The fraction of sp³-hybridized carbons (Fsp3) is 0.115. The SMILES string of the molecule is Cc1cccc(NC(=O)COc2ccc(Cl)cc2/C=C(\C#N)C(=O)Nc2cccc(C)c2)c1. The van der Waals surface area contributed by atoms with Gasteiger partial charge in [-0.05, 0) is 73.5 Å². The topological polar surface area (TPSA) is 91.2 Å². The third kappa shape index (κ3) is 6.96. The Hall–Kier alpha value is -4.08. The van der Waals surface area contributed by atoms with Crippen molar-refractivity contribution in [1.82, 2.24) is 0 Å². The lowest BCUT2D eigenvalue weighted by Gasteiger charge is -2.11. The summed E-state index contributed by atoms with van der Waals surface area (Å²) < 4.78 is 5.66. The Bertz CT molecular complexity index is 1260. The Kier molecular flexibility index (Phi) is 7.85. The third-order valence-electron chi connectivity index (χ3n) is 4.57. The van der Waals surface area contributed by atoms with Gasteiger partial charge >= 0.3 is 0 Å². The first-order valence-corrected chi connectivity index (χ1v) is 10.5. The van der Waals surface area contributed by atoms with E-state index < -0.39 is 5.91 Å². The summed E-state index contributed by atoms with van der Waals surface area (Å²) in [5, 5.41) is 15.4. The Labute approximate surface area is 197 Å². The van der Waals surface area contributed by atoms with E-state index in [1.54, 1.807) is 36.4 Å². The maximum Gasteiger partial charge on any atom is 0.266 e. The molecule has 0 radical (unpaired) electrons. The van der Waals surface area contributed by atoms with Crippen molar-refractivity contribution in [2.24, 2.45) is 0 Å². The highest BCUT2D eigenvalue weighted by Crippen LogP contribution is 2.26. The highest BCUT2D eigenvalue weighted by Gasteiger charge is 2.13. The van der Waals surface area contributed by atoms with Gasteiger partial charge in [-0.15, -0.1) is 0 Å². The molecule has 166 valence electrons. The lowest BCUT2D eigenvalue weighted by Crippen LogP contribution is -2.20. The van der Waals surface area contributed by atoms with Crippen LogP contribution in [0.4, 0.5) is 11.4 Å². The molecule has 0 aliphatic rings. The van der Waals surface area contributed by atoms with Crippen LogP contribution in [0.25, 0.3) is 6.08 Å². The molecule has 2 N–H and O–H groups in total. The molecule has 0 aliphatic heterocycles. The predicted molar refractivity (Wildman–Crippen MR) is 130 cm³/mol. The zero-order chi connectivity index (χ0) is 23.8. The van der Waals surface area contributed by atoms with Crippen molar-refractivity contribution in [2.75, 3.05) is 17.2 Å². The van der Waals surface area contributed by atoms with E-state index in [0.29, 0.717) is 27.7 Å². The van der Waals surface area contributed by atoms with Crippen LogP contribution < -0.4 is 15.4 Å². The Morgan fingerprint density at radius 1 is 0.970 bits per heavy atom. The highest BCUT2D eigenvalue weighted by molar-refractivity contribution is 6.30. The van der Waals surface area contributed by atoms with Gasteiger partial charge in [0.05, 0.1) is 0 Å². The van der Waals surface area contributed by atoms with Gasteiger partial charge in [0.2, 0.25) is 0 Å². The number of rotatable bonds is 7. The van der Waals surface area contributed by atoms with Crippen molar-refractivity contribution >= 4 is 40.9 Å². The molecule has 6 nitrogen and oxygen atoms in total. The molecule has 0 heterocycles. The molecule has 0 aliphatic carbocycles. The Morgan fingerprint density at radius 2 is 1.61 bits per heavy atom. The summed E-state index contributed by atoms with van der Waals surface area (Å²) in [6.07, 6.45) is 1.38. The summed E-state index contributed by atoms with van der Waals surface area (Å²) in [6.45, 7) is 3.58. The average Bonchev–Trinajstić information content (AvgIpc) is 2.76. The first-order valence-electron chi connectivity index (χ1n) is 10.1.